The van der Waals surface area contributed by atoms with Crippen molar-refractivity contribution in [1.29, 1.82) is 0 Å². The van der Waals surface area contributed by atoms with Crippen molar-refractivity contribution in [2.24, 2.45) is 0 Å². The van der Waals surface area contributed by atoms with Gasteiger partial charge in [-0.05, 0) is 44.9 Å². The standard InChI is InChI=1S/C18H25NO5/c1-18(2,3)24-16(20)9-6-14-4-7-15(8-5-14)23-17(21)19-10-12-22-13-11-19/h4-5,7-8H,6,9-13H2,1-3H3. The normalized spacial score (nSPS) is 15.0. The van der Waals surface area contributed by atoms with Gasteiger partial charge in [-0.3, -0.25) is 4.79 Å². The van der Waals surface area contributed by atoms with E-state index in [4.69, 9.17) is 14.2 Å². The molecular weight excluding hydrogens is 310 g/mol. The van der Waals surface area contributed by atoms with E-state index in [1.54, 1.807) is 17.0 Å². The van der Waals surface area contributed by atoms with Crippen molar-refractivity contribution >= 4 is 12.1 Å². The molecule has 1 amide bonds. The molecule has 1 aromatic carbocycles. The van der Waals surface area contributed by atoms with Crippen molar-refractivity contribution in [1.82, 2.24) is 4.90 Å². The first kappa shape index (κ1) is 18.3. The first-order valence-electron chi connectivity index (χ1n) is 8.19. The van der Waals surface area contributed by atoms with Crippen LogP contribution in [0.5, 0.6) is 5.75 Å². The van der Waals surface area contributed by atoms with Crippen LogP contribution >= 0.6 is 0 Å². The van der Waals surface area contributed by atoms with Crippen LogP contribution in [-0.2, 0) is 20.7 Å². The van der Waals surface area contributed by atoms with Gasteiger partial charge in [-0.25, -0.2) is 4.79 Å². The fraction of sp³-hybridized carbons (Fsp3) is 0.556. The molecule has 1 aliphatic heterocycles. The maximum atomic E-state index is 12.0. The summed E-state index contributed by atoms with van der Waals surface area (Å²) >= 11 is 0. The summed E-state index contributed by atoms with van der Waals surface area (Å²) in [5, 5.41) is 0. The van der Waals surface area contributed by atoms with Crippen molar-refractivity contribution in [2.75, 3.05) is 26.3 Å². The van der Waals surface area contributed by atoms with E-state index in [0.717, 1.165) is 5.56 Å². The van der Waals surface area contributed by atoms with Crippen LogP contribution in [0, 0.1) is 0 Å². The summed E-state index contributed by atoms with van der Waals surface area (Å²) in [6, 6.07) is 7.18. The van der Waals surface area contributed by atoms with Gasteiger partial charge < -0.3 is 19.1 Å². The van der Waals surface area contributed by atoms with Gasteiger partial charge in [0.15, 0.2) is 0 Å². The molecule has 0 bridgehead atoms. The van der Waals surface area contributed by atoms with E-state index in [-0.39, 0.29) is 12.1 Å². The summed E-state index contributed by atoms with van der Waals surface area (Å²) in [7, 11) is 0. The molecule has 1 fully saturated rings. The molecule has 24 heavy (non-hydrogen) atoms. The van der Waals surface area contributed by atoms with Crippen molar-refractivity contribution in [2.45, 2.75) is 39.2 Å². The molecule has 1 aliphatic rings. The maximum absolute atomic E-state index is 12.0. The molecule has 1 saturated heterocycles. The molecule has 0 unspecified atom stereocenters. The second-order valence-electron chi connectivity index (χ2n) is 6.70. The Morgan fingerprint density at radius 1 is 1.12 bits per heavy atom. The Hall–Kier alpha value is -2.08. The minimum absolute atomic E-state index is 0.217. The number of aryl methyl sites for hydroxylation is 1. The third-order valence-corrected chi connectivity index (χ3v) is 3.44. The van der Waals surface area contributed by atoms with Crippen LogP contribution in [-0.4, -0.2) is 48.9 Å². The molecule has 0 N–H and O–H groups in total. The van der Waals surface area contributed by atoms with Crippen molar-refractivity contribution in [3.05, 3.63) is 29.8 Å². The summed E-state index contributed by atoms with van der Waals surface area (Å²) in [4.78, 5) is 25.3. The number of carbonyl (C=O) groups is 2. The predicted octanol–water partition coefficient (Wildman–Crippen LogP) is 2.79. The average molecular weight is 335 g/mol. The third-order valence-electron chi connectivity index (χ3n) is 3.44. The lowest BCUT2D eigenvalue weighted by Gasteiger charge is -2.25. The number of amides is 1. The minimum Gasteiger partial charge on any atom is -0.460 e. The lowest BCUT2D eigenvalue weighted by molar-refractivity contribution is -0.154. The maximum Gasteiger partial charge on any atom is 0.415 e. The van der Waals surface area contributed by atoms with Crippen LogP contribution in [0.2, 0.25) is 0 Å². The molecule has 0 saturated carbocycles. The van der Waals surface area contributed by atoms with Gasteiger partial charge in [0.1, 0.15) is 11.4 Å². The Labute approximate surface area is 142 Å². The molecule has 0 radical (unpaired) electrons. The molecule has 0 spiro atoms. The lowest BCUT2D eigenvalue weighted by Crippen LogP contribution is -2.42. The zero-order chi connectivity index (χ0) is 17.6. The summed E-state index contributed by atoms with van der Waals surface area (Å²) in [5.41, 5.74) is 0.529. The van der Waals surface area contributed by atoms with E-state index >= 15 is 0 Å². The van der Waals surface area contributed by atoms with Crippen molar-refractivity contribution < 1.29 is 23.8 Å². The number of rotatable bonds is 4. The van der Waals surface area contributed by atoms with Gasteiger partial charge in [0.25, 0.3) is 0 Å². The summed E-state index contributed by atoms with van der Waals surface area (Å²) in [6.45, 7) is 7.73. The molecule has 6 nitrogen and oxygen atoms in total. The Bertz CT molecular complexity index is 556. The van der Waals surface area contributed by atoms with E-state index in [9.17, 15) is 9.59 Å². The molecule has 1 heterocycles. The van der Waals surface area contributed by atoms with Crippen LogP contribution in [0.3, 0.4) is 0 Å². The average Bonchev–Trinajstić information content (AvgIpc) is 2.53. The first-order valence-corrected chi connectivity index (χ1v) is 8.19. The molecule has 132 valence electrons. The molecule has 6 heteroatoms. The van der Waals surface area contributed by atoms with Gasteiger partial charge >= 0.3 is 12.1 Å². The van der Waals surface area contributed by atoms with Gasteiger partial charge in [0.2, 0.25) is 0 Å². The predicted molar refractivity (Wildman–Crippen MR) is 89.0 cm³/mol. The van der Waals surface area contributed by atoms with E-state index in [2.05, 4.69) is 0 Å². The Morgan fingerprint density at radius 3 is 2.33 bits per heavy atom. The topological polar surface area (TPSA) is 65.1 Å². The highest BCUT2D eigenvalue weighted by molar-refractivity contribution is 5.71. The zero-order valence-corrected chi connectivity index (χ0v) is 14.5. The number of hydrogen-bond donors (Lipinski definition) is 0. The quantitative estimate of drug-likeness (QED) is 0.792. The Balaban J connectivity index is 1.80. The fourth-order valence-electron chi connectivity index (χ4n) is 2.27. The lowest BCUT2D eigenvalue weighted by atomic mass is 10.1. The molecule has 0 atom stereocenters. The molecule has 1 aromatic rings. The largest absolute Gasteiger partial charge is 0.460 e. The molecule has 0 aliphatic carbocycles. The van der Waals surface area contributed by atoms with Crippen molar-refractivity contribution in [3.63, 3.8) is 0 Å². The van der Waals surface area contributed by atoms with Gasteiger partial charge in [-0.15, -0.1) is 0 Å². The first-order chi connectivity index (χ1) is 11.3. The van der Waals surface area contributed by atoms with Gasteiger partial charge in [-0.1, -0.05) is 12.1 Å². The van der Waals surface area contributed by atoms with Gasteiger partial charge in [-0.2, -0.15) is 0 Å². The summed E-state index contributed by atoms with van der Waals surface area (Å²) in [6.07, 6.45) is 0.552. The minimum atomic E-state index is -0.464. The Kier molecular flexibility index (Phi) is 6.20. The number of ether oxygens (including phenoxy) is 3. The van der Waals surface area contributed by atoms with Crippen LogP contribution in [0.25, 0.3) is 0 Å². The molecule has 2 rings (SSSR count). The van der Waals surface area contributed by atoms with Gasteiger partial charge in [0.05, 0.1) is 13.2 Å². The molecule has 0 aromatic heterocycles. The Morgan fingerprint density at radius 2 is 1.75 bits per heavy atom. The third kappa shape index (κ3) is 6.20. The zero-order valence-electron chi connectivity index (χ0n) is 14.5. The second-order valence-corrected chi connectivity index (χ2v) is 6.70. The van der Waals surface area contributed by atoms with Crippen molar-refractivity contribution in [3.8, 4) is 5.75 Å². The fourth-order valence-corrected chi connectivity index (χ4v) is 2.27. The highest BCUT2D eigenvalue weighted by Gasteiger charge is 2.19. The highest BCUT2D eigenvalue weighted by atomic mass is 16.6. The molecular formula is C18H25NO5. The summed E-state index contributed by atoms with van der Waals surface area (Å²) in [5.74, 6) is 0.276. The SMILES string of the molecule is CC(C)(C)OC(=O)CCc1ccc(OC(=O)N2CCOCC2)cc1. The highest BCUT2D eigenvalue weighted by Crippen LogP contribution is 2.16. The van der Waals surface area contributed by atoms with Crippen LogP contribution in [0.4, 0.5) is 4.79 Å². The van der Waals surface area contributed by atoms with E-state index in [1.165, 1.54) is 0 Å². The van der Waals surface area contributed by atoms with Crippen LogP contribution < -0.4 is 4.74 Å². The van der Waals surface area contributed by atoms with E-state index < -0.39 is 5.60 Å². The van der Waals surface area contributed by atoms with E-state index in [0.29, 0.717) is 44.9 Å². The number of nitrogens with zero attached hydrogens (tertiary/aromatic N) is 1. The number of esters is 1. The van der Waals surface area contributed by atoms with E-state index in [1.807, 2.05) is 32.9 Å². The number of benzene rings is 1. The van der Waals surface area contributed by atoms with Gasteiger partial charge in [0, 0.05) is 19.5 Å². The number of morpholine rings is 1. The number of carbonyl (C=O) groups excluding carboxylic acids is 2. The monoisotopic (exact) mass is 335 g/mol. The van der Waals surface area contributed by atoms with Crippen LogP contribution in [0.1, 0.15) is 32.8 Å². The summed E-state index contributed by atoms with van der Waals surface area (Å²) < 4.78 is 15.8. The second kappa shape index (κ2) is 8.15. The van der Waals surface area contributed by atoms with Crippen LogP contribution in [0.15, 0.2) is 24.3 Å². The smallest absolute Gasteiger partial charge is 0.415 e. The number of hydrogen-bond acceptors (Lipinski definition) is 5.